The predicted molar refractivity (Wildman–Crippen MR) is 120 cm³/mol. The lowest BCUT2D eigenvalue weighted by Crippen LogP contribution is -2.07. The second-order valence-corrected chi connectivity index (χ2v) is 7.40. The molecule has 0 aliphatic heterocycles. The molecule has 0 atom stereocenters. The number of aryl methyl sites for hydroxylation is 2. The summed E-state index contributed by atoms with van der Waals surface area (Å²) in [5.41, 5.74) is 4.42. The maximum absolute atomic E-state index is 12.2. The fourth-order valence-corrected chi connectivity index (χ4v) is 3.40. The van der Waals surface area contributed by atoms with Crippen molar-refractivity contribution >= 4 is 22.5 Å². The second-order valence-electron chi connectivity index (χ2n) is 7.40. The zero-order valence-corrected chi connectivity index (χ0v) is 17.4. The molecule has 0 bridgehead atoms. The van der Waals surface area contributed by atoms with Gasteiger partial charge in [0.2, 0.25) is 5.88 Å². The van der Waals surface area contributed by atoms with Crippen LogP contribution in [0.2, 0.25) is 0 Å². The van der Waals surface area contributed by atoms with E-state index in [1.165, 1.54) is 0 Å². The Morgan fingerprint density at radius 1 is 0.968 bits per heavy atom. The van der Waals surface area contributed by atoms with Gasteiger partial charge in [0.25, 0.3) is 0 Å². The molecule has 1 amide bonds. The van der Waals surface area contributed by atoms with Gasteiger partial charge in [0.1, 0.15) is 5.75 Å². The Balaban J connectivity index is 1.57. The number of fused-ring (bicyclic) bond motifs is 1. The van der Waals surface area contributed by atoms with E-state index < -0.39 is 5.91 Å². The van der Waals surface area contributed by atoms with Gasteiger partial charge in [-0.1, -0.05) is 60.2 Å². The summed E-state index contributed by atoms with van der Waals surface area (Å²) in [6, 6.07) is 22.9. The fourth-order valence-electron chi connectivity index (χ4n) is 3.40. The van der Waals surface area contributed by atoms with Crippen molar-refractivity contribution in [1.29, 1.82) is 0 Å². The van der Waals surface area contributed by atoms with E-state index in [-0.39, 0.29) is 18.2 Å². The number of azo groups is 1. The number of para-hydroxylation sites is 1. The van der Waals surface area contributed by atoms with Crippen LogP contribution in [0.1, 0.15) is 16.7 Å². The number of benzene rings is 3. The largest absolute Gasteiger partial charge is 0.493 e. The highest BCUT2D eigenvalue weighted by atomic mass is 16.5. The summed E-state index contributed by atoms with van der Waals surface area (Å²) in [4.78, 5) is 12.2. The molecule has 0 saturated heterocycles. The standard InChI is InChI=1S/C25H23N3O3/c1-17-11-13-20(14-12-17)31-16-23(29)26-27-24-21-9-5-6-10-22(21)28(25(24)30)15-19-8-4-3-7-18(19)2/h3-14,30H,15-16H2,1-2H3. The van der Waals surface area contributed by atoms with Gasteiger partial charge in [-0.05, 0) is 43.2 Å². The Morgan fingerprint density at radius 3 is 2.45 bits per heavy atom. The maximum Gasteiger partial charge on any atom is 0.302 e. The quantitative estimate of drug-likeness (QED) is 0.412. The van der Waals surface area contributed by atoms with Crippen LogP contribution in [0.25, 0.3) is 10.9 Å². The van der Waals surface area contributed by atoms with Crippen molar-refractivity contribution in [2.75, 3.05) is 6.61 Å². The molecule has 31 heavy (non-hydrogen) atoms. The molecular formula is C25H23N3O3. The van der Waals surface area contributed by atoms with E-state index in [2.05, 4.69) is 10.2 Å². The van der Waals surface area contributed by atoms with Gasteiger partial charge in [-0.25, -0.2) is 0 Å². The Morgan fingerprint density at radius 2 is 1.68 bits per heavy atom. The lowest BCUT2D eigenvalue weighted by Gasteiger charge is -2.09. The number of amides is 1. The van der Waals surface area contributed by atoms with E-state index in [9.17, 15) is 9.90 Å². The van der Waals surface area contributed by atoms with Gasteiger partial charge in [0.05, 0.1) is 12.1 Å². The summed E-state index contributed by atoms with van der Waals surface area (Å²) in [6.07, 6.45) is 0. The van der Waals surface area contributed by atoms with Crippen LogP contribution in [0.15, 0.2) is 83.0 Å². The summed E-state index contributed by atoms with van der Waals surface area (Å²) in [5.74, 6) is 0.0306. The van der Waals surface area contributed by atoms with E-state index in [4.69, 9.17) is 4.74 Å². The monoisotopic (exact) mass is 413 g/mol. The van der Waals surface area contributed by atoms with Crippen LogP contribution in [-0.2, 0) is 11.3 Å². The number of carbonyl (C=O) groups excluding carboxylic acids is 1. The van der Waals surface area contributed by atoms with Crippen LogP contribution >= 0.6 is 0 Å². The highest BCUT2D eigenvalue weighted by Crippen LogP contribution is 2.39. The second kappa shape index (κ2) is 8.83. The average molecular weight is 413 g/mol. The van der Waals surface area contributed by atoms with Crippen LogP contribution < -0.4 is 4.74 Å². The third-order valence-corrected chi connectivity index (χ3v) is 5.15. The number of rotatable bonds is 6. The number of aromatic nitrogens is 1. The first-order valence-corrected chi connectivity index (χ1v) is 10.0. The summed E-state index contributed by atoms with van der Waals surface area (Å²) in [7, 11) is 0. The molecule has 0 spiro atoms. The summed E-state index contributed by atoms with van der Waals surface area (Å²) in [5, 5.41) is 19.4. The number of hydrogen-bond acceptors (Lipinski definition) is 4. The maximum atomic E-state index is 12.2. The third-order valence-electron chi connectivity index (χ3n) is 5.15. The highest BCUT2D eigenvalue weighted by Gasteiger charge is 2.17. The molecule has 0 radical (unpaired) electrons. The molecule has 4 aromatic rings. The SMILES string of the molecule is Cc1ccc(OCC(=O)N=Nc2c(O)n(Cc3ccccc3C)c3ccccc23)cc1. The van der Waals surface area contributed by atoms with Gasteiger partial charge in [-0.15, -0.1) is 10.2 Å². The third kappa shape index (κ3) is 4.48. The smallest absolute Gasteiger partial charge is 0.302 e. The Hall–Kier alpha value is -3.93. The van der Waals surface area contributed by atoms with Crippen LogP contribution in [0.5, 0.6) is 11.6 Å². The lowest BCUT2D eigenvalue weighted by molar-refractivity contribution is -0.120. The summed E-state index contributed by atoms with van der Waals surface area (Å²) < 4.78 is 7.23. The topological polar surface area (TPSA) is 76.2 Å². The minimum absolute atomic E-state index is 0.0274. The fraction of sp³-hybridized carbons (Fsp3) is 0.160. The van der Waals surface area contributed by atoms with E-state index in [0.717, 1.165) is 27.6 Å². The summed E-state index contributed by atoms with van der Waals surface area (Å²) in [6.45, 7) is 4.27. The normalized spacial score (nSPS) is 11.3. The first-order valence-electron chi connectivity index (χ1n) is 10.0. The number of nitrogens with zero attached hydrogens (tertiary/aromatic N) is 3. The number of hydrogen-bond donors (Lipinski definition) is 1. The van der Waals surface area contributed by atoms with Crippen molar-refractivity contribution < 1.29 is 14.6 Å². The van der Waals surface area contributed by atoms with E-state index in [0.29, 0.717) is 12.3 Å². The molecule has 0 saturated carbocycles. The molecule has 0 aliphatic carbocycles. The van der Waals surface area contributed by atoms with Gasteiger partial charge in [0.15, 0.2) is 12.3 Å². The van der Waals surface area contributed by atoms with Gasteiger partial charge < -0.3 is 14.4 Å². The van der Waals surface area contributed by atoms with Crippen molar-refractivity contribution in [3.63, 3.8) is 0 Å². The van der Waals surface area contributed by atoms with Gasteiger partial charge >= 0.3 is 5.91 Å². The van der Waals surface area contributed by atoms with Gasteiger partial charge in [-0.3, -0.25) is 4.79 Å². The molecule has 156 valence electrons. The molecule has 6 nitrogen and oxygen atoms in total. The molecule has 4 rings (SSSR count). The zero-order chi connectivity index (χ0) is 21.8. The number of aromatic hydroxyl groups is 1. The van der Waals surface area contributed by atoms with E-state index in [1.807, 2.05) is 74.5 Å². The molecule has 0 aliphatic rings. The van der Waals surface area contributed by atoms with Crippen molar-refractivity contribution in [2.45, 2.75) is 20.4 Å². The molecule has 3 aromatic carbocycles. The molecular weight excluding hydrogens is 390 g/mol. The minimum atomic E-state index is -0.532. The first-order chi connectivity index (χ1) is 15.0. The molecule has 0 unspecified atom stereocenters. The van der Waals surface area contributed by atoms with Crippen molar-refractivity contribution in [2.24, 2.45) is 10.2 Å². The zero-order valence-electron chi connectivity index (χ0n) is 17.4. The van der Waals surface area contributed by atoms with Crippen LogP contribution in [0, 0.1) is 13.8 Å². The number of carbonyl (C=O) groups is 1. The van der Waals surface area contributed by atoms with E-state index >= 15 is 0 Å². The van der Waals surface area contributed by atoms with Crippen LogP contribution in [0.3, 0.4) is 0 Å². The lowest BCUT2D eigenvalue weighted by atomic mass is 10.1. The summed E-state index contributed by atoms with van der Waals surface area (Å²) >= 11 is 0. The number of ether oxygens (including phenoxy) is 1. The van der Waals surface area contributed by atoms with Crippen molar-refractivity contribution in [1.82, 2.24) is 4.57 Å². The molecule has 1 aromatic heterocycles. The molecule has 0 fully saturated rings. The highest BCUT2D eigenvalue weighted by molar-refractivity contribution is 5.95. The van der Waals surface area contributed by atoms with Crippen LogP contribution in [0.4, 0.5) is 5.69 Å². The van der Waals surface area contributed by atoms with Crippen molar-refractivity contribution in [3.8, 4) is 11.6 Å². The molecule has 6 heteroatoms. The Labute approximate surface area is 180 Å². The average Bonchev–Trinajstić information content (AvgIpc) is 3.04. The Bertz CT molecular complexity index is 1260. The van der Waals surface area contributed by atoms with Crippen LogP contribution in [-0.4, -0.2) is 22.2 Å². The van der Waals surface area contributed by atoms with Gasteiger partial charge in [-0.2, -0.15) is 0 Å². The first kappa shape index (κ1) is 20.3. The molecule has 1 heterocycles. The molecule has 1 N–H and O–H groups in total. The van der Waals surface area contributed by atoms with Gasteiger partial charge in [0, 0.05) is 5.39 Å². The van der Waals surface area contributed by atoms with Crippen molar-refractivity contribution in [3.05, 3.63) is 89.5 Å². The predicted octanol–water partition coefficient (Wildman–Crippen LogP) is 5.70. The Kier molecular flexibility index (Phi) is 5.80. The minimum Gasteiger partial charge on any atom is -0.493 e. The van der Waals surface area contributed by atoms with E-state index in [1.54, 1.807) is 16.7 Å².